The van der Waals surface area contributed by atoms with Gasteiger partial charge in [-0.2, -0.15) is 0 Å². The molecular weight excluding hydrogens is 246 g/mol. The van der Waals surface area contributed by atoms with Crippen LogP contribution in [0.15, 0.2) is 30.6 Å². The molecule has 1 aromatic heterocycles. The summed E-state index contributed by atoms with van der Waals surface area (Å²) >= 11 is 0. The first-order chi connectivity index (χ1) is 8.54. The lowest BCUT2D eigenvalue weighted by Gasteiger charge is -2.04. The predicted octanol–water partition coefficient (Wildman–Crippen LogP) is 2.41. The molecule has 0 atom stereocenters. The van der Waals surface area contributed by atoms with Gasteiger partial charge in [-0.1, -0.05) is 0 Å². The van der Waals surface area contributed by atoms with Crippen LogP contribution >= 0.6 is 0 Å². The lowest BCUT2D eigenvalue weighted by molar-refractivity contribution is -0.385. The molecule has 6 nitrogen and oxygen atoms in total. The van der Waals surface area contributed by atoms with Crippen molar-refractivity contribution in [2.75, 3.05) is 5.32 Å². The van der Waals surface area contributed by atoms with Gasteiger partial charge in [-0.3, -0.25) is 10.1 Å². The van der Waals surface area contributed by atoms with E-state index in [2.05, 4.69) is 15.3 Å². The van der Waals surface area contributed by atoms with Crippen molar-refractivity contribution >= 4 is 17.3 Å². The minimum atomic E-state index is -0.751. The normalized spacial score (nSPS) is 10.1. The Bertz CT molecular complexity index is 569. The zero-order valence-electron chi connectivity index (χ0n) is 8.80. The summed E-state index contributed by atoms with van der Waals surface area (Å²) in [6.07, 6.45) is 1.98. The molecule has 1 N–H and O–H groups in total. The number of nitrogens with one attached hydrogen (secondary N) is 1. The summed E-state index contributed by atoms with van der Waals surface area (Å²) in [4.78, 5) is 17.0. The van der Waals surface area contributed by atoms with Crippen LogP contribution in [0.25, 0.3) is 0 Å². The highest BCUT2D eigenvalue weighted by Crippen LogP contribution is 2.17. The summed E-state index contributed by atoms with van der Waals surface area (Å²) in [6, 6.07) is 2.82. The highest BCUT2D eigenvalue weighted by Gasteiger charge is 2.07. The summed E-state index contributed by atoms with van der Waals surface area (Å²) in [5.41, 5.74) is -0.160. The Morgan fingerprint density at radius 3 is 2.17 bits per heavy atom. The molecule has 1 heterocycles. The van der Waals surface area contributed by atoms with E-state index >= 15 is 0 Å². The number of nitro groups is 1. The molecule has 0 fully saturated rings. The van der Waals surface area contributed by atoms with Crippen LogP contribution < -0.4 is 5.32 Å². The Kier molecular flexibility index (Phi) is 3.09. The second-order valence-corrected chi connectivity index (χ2v) is 3.31. The van der Waals surface area contributed by atoms with Crippen molar-refractivity contribution in [3.05, 3.63) is 52.3 Å². The van der Waals surface area contributed by atoms with Crippen molar-refractivity contribution in [1.82, 2.24) is 9.97 Å². The fourth-order valence-corrected chi connectivity index (χ4v) is 1.24. The van der Waals surface area contributed by atoms with Gasteiger partial charge in [0.1, 0.15) is 24.0 Å². The first kappa shape index (κ1) is 11.8. The minimum Gasteiger partial charge on any atom is -0.324 e. The summed E-state index contributed by atoms with van der Waals surface area (Å²) < 4.78 is 25.8. The summed E-state index contributed by atoms with van der Waals surface area (Å²) in [6.45, 7) is 0. The van der Waals surface area contributed by atoms with Gasteiger partial charge in [0.25, 0.3) is 0 Å². The number of nitrogens with zero attached hydrogens (tertiary/aromatic N) is 3. The lowest BCUT2D eigenvalue weighted by atomic mass is 10.3. The molecule has 0 saturated heterocycles. The van der Waals surface area contributed by atoms with Crippen LogP contribution in [0, 0.1) is 21.7 Å². The fourth-order valence-electron chi connectivity index (χ4n) is 1.24. The Labute approximate surface area is 99.5 Å². The maximum atomic E-state index is 12.9. The van der Waals surface area contributed by atoms with Gasteiger partial charge in [-0.05, 0) is 12.1 Å². The molecule has 92 valence electrons. The molecule has 8 heteroatoms. The Balaban J connectivity index is 2.20. The van der Waals surface area contributed by atoms with Gasteiger partial charge in [-0.15, -0.1) is 0 Å². The van der Waals surface area contributed by atoms with Crippen molar-refractivity contribution in [2.24, 2.45) is 0 Å². The number of rotatable bonds is 3. The number of benzene rings is 1. The third-order valence-electron chi connectivity index (χ3n) is 1.97. The SMILES string of the molecule is O=[N+]([O-])c1cnc(Nc2cc(F)cc(F)c2)nc1. The smallest absolute Gasteiger partial charge is 0.305 e. The lowest BCUT2D eigenvalue weighted by Crippen LogP contribution is -1.99. The van der Waals surface area contributed by atoms with Crippen LogP contribution in [0.1, 0.15) is 0 Å². The first-order valence-electron chi connectivity index (χ1n) is 4.74. The van der Waals surface area contributed by atoms with Gasteiger partial charge in [0.15, 0.2) is 0 Å². The van der Waals surface area contributed by atoms with Crippen LogP contribution in [0.4, 0.5) is 26.1 Å². The molecule has 0 bridgehead atoms. The van der Waals surface area contributed by atoms with E-state index in [1.165, 1.54) is 0 Å². The van der Waals surface area contributed by atoms with E-state index in [-0.39, 0.29) is 17.3 Å². The molecule has 0 spiro atoms. The average molecular weight is 252 g/mol. The Hall–Kier alpha value is -2.64. The molecule has 0 aliphatic heterocycles. The molecule has 0 saturated carbocycles. The van der Waals surface area contributed by atoms with Crippen LogP contribution in [0.3, 0.4) is 0 Å². The van der Waals surface area contributed by atoms with Crippen LogP contribution in [-0.2, 0) is 0 Å². The van der Waals surface area contributed by atoms with E-state index < -0.39 is 16.6 Å². The molecule has 2 rings (SSSR count). The zero-order valence-corrected chi connectivity index (χ0v) is 8.80. The van der Waals surface area contributed by atoms with Gasteiger partial charge >= 0.3 is 5.69 Å². The second-order valence-electron chi connectivity index (χ2n) is 3.31. The minimum absolute atomic E-state index is 0.00519. The number of hydrogen-bond acceptors (Lipinski definition) is 5. The van der Waals surface area contributed by atoms with E-state index in [9.17, 15) is 18.9 Å². The first-order valence-corrected chi connectivity index (χ1v) is 4.74. The molecule has 0 aliphatic carbocycles. The molecular formula is C10H6F2N4O2. The molecule has 0 aliphatic rings. The standard InChI is InChI=1S/C10H6F2N4O2/c11-6-1-7(12)3-8(2-6)15-10-13-4-9(5-14-10)16(17)18/h1-5H,(H,13,14,15). The monoisotopic (exact) mass is 252 g/mol. The molecule has 2 aromatic rings. The van der Waals surface area contributed by atoms with E-state index in [0.717, 1.165) is 30.6 Å². The predicted molar refractivity (Wildman–Crippen MR) is 58.3 cm³/mol. The second kappa shape index (κ2) is 4.70. The molecule has 0 amide bonds. The fraction of sp³-hybridized carbons (Fsp3) is 0. The maximum absolute atomic E-state index is 12.9. The Morgan fingerprint density at radius 1 is 1.11 bits per heavy atom. The van der Waals surface area contributed by atoms with Crippen molar-refractivity contribution < 1.29 is 13.7 Å². The van der Waals surface area contributed by atoms with Crippen molar-refractivity contribution in [3.63, 3.8) is 0 Å². The van der Waals surface area contributed by atoms with E-state index in [1.54, 1.807) is 0 Å². The molecule has 18 heavy (non-hydrogen) atoms. The van der Waals surface area contributed by atoms with Crippen molar-refractivity contribution in [1.29, 1.82) is 0 Å². The Morgan fingerprint density at radius 2 is 1.67 bits per heavy atom. The third-order valence-corrected chi connectivity index (χ3v) is 1.97. The number of halogens is 2. The van der Waals surface area contributed by atoms with Gasteiger partial charge in [-0.25, -0.2) is 18.7 Å². The van der Waals surface area contributed by atoms with E-state index in [4.69, 9.17) is 0 Å². The van der Waals surface area contributed by atoms with Gasteiger partial charge < -0.3 is 5.32 Å². The average Bonchev–Trinajstić information content (AvgIpc) is 2.28. The van der Waals surface area contributed by atoms with Gasteiger partial charge in [0.2, 0.25) is 5.95 Å². The summed E-state index contributed by atoms with van der Waals surface area (Å²) in [5, 5.41) is 12.9. The quantitative estimate of drug-likeness (QED) is 0.670. The van der Waals surface area contributed by atoms with Crippen LogP contribution in [0.5, 0.6) is 0 Å². The van der Waals surface area contributed by atoms with Crippen molar-refractivity contribution in [2.45, 2.75) is 0 Å². The number of aromatic nitrogens is 2. The zero-order chi connectivity index (χ0) is 13.1. The molecule has 0 unspecified atom stereocenters. The van der Waals surface area contributed by atoms with E-state index in [0.29, 0.717) is 0 Å². The highest BCUT2D eigenvalue weighted by atomic mass is 19.1. The highest BCUT2D eigenvalue weighted by molar-refractivity contribution is 5.53. The number of hydrogen-bond donors (Lipinski definition) is 1. The molecule has 1 aromatic carbocycles. The van der Waals surface area contributed by atoms with Crippen LogP contribution in [0.2, 0.25) is 0 Å². The van der Waals surface area contributed by atoms with Gasteiger partial charge in [0.05, 0.1) is 4.92 Å². The molecule has 0 radical (unpaired) electrons. The van der Waals surface area contributed by atoms with Gasteiger partial charge in [0, 0.05) is 11.8 Å². The summed E-state index contributed by atoms with van der Waals surface area (Å²) in [7, 11) is 0. The third kappa shape index (κ3) is 2.73. The topological polar surface area (TPSA) is 81.0 Å². The van der Waals surface area contributed by atoms with E-state index in [1.807, 2.05) is 0 Å². The van der Waals surface area contributed by atoms with Crippen LogP contribution in [-0.4, -0.2) is 14.9 Å². The van der Waals surface area contributed by atoms with Crippen molar-refractivity contribution in [3.8, 4) is 0 Å². The maximum Gasteiger partial charge on any atom is 0.305 e. The summed E-state index contributed by atoms with van der Waals surface area (Å²) in [5.74, 6) is -1.50. The largest absolute Gasteiger partial charge is 0.324 e. The number of anilines is 2.